The van der Waals surface area contributed by atoms with Crippen molar-refractivity contribution in [3.05, 3.63) is 0 Å². The van der Waals surface area contributed by atoms with E-state index in [1.807, 2.05) is 0 Å². The fraction of sp³-hybridized carbons (Fsp3) is 1.00. The van der Waals surface area contributed by atoms with E-state index >= 15 is 0 Å². The molecule has 0 bridgehead atoms. The molecule has 94 valence electrons. The van der Waals surface area contributed by atoms with E-state index < -0.39 is 10.0 Å². The number of nitrogens with zero attached hydrogens (tertiary/aromatic N) is 1. The molecular formula is C11H22N2O2S. The number of rotatable bonds is 6. The van der Waals surface area contributed by atoms with Crippen LogP contribution >= 0.6 is 0 Å². The van der Waals surface area contributed by atoms with Gasteiger partial charge in [-0.15, -0.1) is 0 Å². The number of sulfonamides is 1. The number of hydrogen-bond donors (Lipinski definition) is 1. The monoisotopic (exact) mass is 246 g/mol. The van der Waals surface area contributed by atoms with Gasteiger partial charge in [-0.05, 0) is 38.1 Å². The van der Waals surface area contributed by atoms with Gasteiger partial charge in [0.25, 0.3) is 0 Å². The second-order valence-corrected chi connectivity index (χ2v) is 7.24. The summed E-state index contributed by atoms with van der Waals surface area (Å²) in [6, 6.07) is 0.675. The average Bonchev–Trinajstić information content (AvgIpc) is 2.94. The summed E-state index contributed by atoms with van der Waals surface area (Å²) < 4.78 is 25.5. The lowest BCUT2D eigenvalue weighted by Crippen LogP contribution is -2.32. The zero-order chi connectivity index (χ0) is 11.6. The molecule has 5 heteroatoms. The molecular weight excluding hydrogens is 224 g/mol. The molecule has 2 rings (SSSR count). The molecule has 16 heavy (non-hydrogen) atoms. The average molecular weight is 246 g/mol. The quantitative estimate of drug-likeness (QED) is 0.705. The molecule has 0 radical (unpaired) electrons. The second-order valence-electron chi connectivity index (χ2n) is 5.15. The summed E-state index contributed by atoms with van der Waals surface area (Å²) in [7, 11) is -2.98. The van der Waals surface area contributed by atoms with Crippen molar-refractivity contribution in [1.29, 1.82) is 0 Å². The molecule has 0 aromatic heterocycles. The van der Waals surface area contributed by atoms with Gasteiger partial charge >= 0.3 is 0 Å². The number of hydrogen-bond acceptors (Lipinski definition) is 3. The van der Waals surface area contributed by atoms with E-state index in [0.29, 0.717) is 17.7 Å². The molecule has 2 aliphatic rings. The van der Waals surface area contributed by atoms with Gasteiger partial charge in [0, 0.05) is 19.1 Å². The van der Waals surface area contributed by atoms with Crippen LogP contribution in [0, 0.1) is 5.92 Å². The van der Waals surface area contributed by atoms with Crippen LogP contribution in [0.2, 0.25) is 0 Å². The van der Waals surface area contributed by atoms with Crippen LogP contribution in [-0.4, -0.2) is 44.2 Å². The van der Waals surface area contributed by atoms with Gasteiger partial charge in [0.1, 0.15) is 0 Å². The molecule has 4 nitrogen and oxygen atoms in total. The van der Waals surface area contributed by atoms with Crippen LogP contribution in [0.1, 0.15) is 32.6 Å². The summed E-state index contributed by atoms with van der Waals surface area (Å²) in [5, 5.41) is 3.35. The second kappa shape index (κ2) is 5.02. The molecule has 1 atom stereocenters. The molecule has 1 N–H and O–H groups in total. The van der Waals surface area contributed by atoms with Gasteiger partial charge in [0.15, 0.2) is 0 Å². The maximum atomic E-state index is 11.9. The minimum absolute atomic E-state index is 0.305. The molecule has 0 aromatic carbocycles. The minimum Gasteiger partial charge on any atom is -0.314 e. The van der Waals surface area contributed by atoms with Gasteiger partial charge in [-0.2, -0.15) is 0 Å². The smallest absolute Gasteiger partial charge is 0.214 e. The largest absolute Gasteiger partial charge is 0.314 e. The Morgan fingerprint density at radius 2 is 2.06 bits per heavy atom. The summed E-state index contributed by atoms with van der Waals surface area (Å²) in [5.74, 6) is 0.832. The van der Waals surface area contributed by atoms with Crippen molar-refractivity contribution in [3.63, 3.8) is 0 Å². The van der Waals surface area contributed by atoms with Crippen LogP contribution in [0.25, 0.3) is 0 Å². The predicted octanol–water partition coefficient (Wildman–Crippen LogP) is 0.800. The molecule has 2 fully saturated rings. The molecule has 1 unspecified atom stereocenters. The molecule has 0 amide bonds. The van der Waals surface area contributed by atoms with Crippen LogP contribution in [0.4, 0.5) is 0 Å². The van der Waals surface area contributed by atoms with Gasteiger partial charge in [-0.25, -0.2) is 12.7 Å². The summed E-state index contributed by atoms with van der Waals surface area (Å²) >= 11 is 0. The van der Waals surface area contributed by atoms with Gasteiger partial charge in [0.05, 0.1) is 5.75 Å². The normalized spacial score (nSPS) is 27.4. The van der Waals surface area contributed by atoms with Crippen molar-refractivity contribution in [2.75, 3.05) is 25.4 Å². The Morgan fingerprint density at radius 3 is 2.62 bits per heavy atom. The first-order chi connectivity index (χ1) is 7.58. The van der Waals surface area contributed by atoms with E-state index in [1.165, 1.54) is 12.8 Å². The minimum atomic E-state index is -2.98. The van der Waals surface area contributed by atoms with E-state index in [4.69, 9.17) is 0 Å². The summed E-state index contributed by atoms with van der Waals surface area (Å²) in [5.41, 5.74) is 0. The fourth-order valence-electron chi connectivity index (χ4n) is 2.12. The van der Waals surface area contributed by atoms with Crippen LogP contribution in [0.5, 0.6) is 0 Å². The topological polar surface area (TPSA) is 49.4 Å². The van der Waals surface area contributed by atoms with Gasteiger partial charge in [-0.1, -0.05) is 6.92 Å². The summed E-state index contributed by atoms with van der Waals surface area (Å²) in [6.07, 6.45) is 4.27. The molecule has 1 saturated heterocycles. The highest BCUT2D eigenvalue weighted by molar-refractivity contribution is 7.89. The Hall–Kier alpha value is -0.130. The first-order valence-corrected chi connectivity index (χ1v) is 7.90. The van der Waals surface area contributed by atoms with Crippen LogP contribution < -0.4 is 5.32 Å². The first kappa shape index (κ1) is 12.3. The first-order valence-electron chi connectivity index (χ1n) is 6.29. The number of nitrogens with one attached hydrogen (secondary N) is 1. The highest BCUT2D eigenvalue weighted by atomic mass is 32.2. The Morgan fingerprint density at radius 1 is 1.31 bits per heavy atom. The van der Waals surface area contributed by atoms with E-state index in [-0.39, 0.29) is 0 Å². The predicted molar refractivity (Wildman–Crippen MR) is 64.8 cm³/mol. The van der Waals surface area contributed by atoms with Crippen molar-refractivity contribution in [2.45, 2.75) is 38.6 Å². The highest BCUT2D eigenvalue weighted by Gasteiger charge is 2.28. The fourth-order valence-corrected chi connectivity index (χ4v) is 3.76. The zero-order valence-corrected chi connectivity index (χ0v) is 10.8. The highest BCUT2D eigenvalue weighted by Crippen LogP contribution is 2.20. The van der Waals surface area contributed by atoms with E-state index in [2.05, 4.69) is 12.2 Å². The molecule has 1 heterocycles. The van der Waals surface area contributed by atoms with Crippen molar-refractivity contribution < 1.29 is 8.42 Å². The van der Waals surface area contributed by atoms with E-state index in [9.17, 15) is 8.42 Å². The Balaban J connectivity index is 1.69. The van der Waals surface area contributed by atoms with Gasteiger partial charge < -0.3 is 5.32 Å². The maximum Gasteiger partial charge on any atom is 0.214 e. The molecule has 1 aliphatic heterocycles. The SMILES string of the molecule is CC1CCN(S(=O)(=O)CCCNC2CC2)C1. The van der Waals surface area contributed by atoms with Crippen molar-refractivity contribution in [1.82, 2.24) is 9.62 Å². The van der Waals surface area contributed by atoms with Crippen LogP contribution in [0.15, 0.2) is 0 Å². The standard InChI is InChI=1S/C11H22N2O2S/c1-10-5-7-13(9-10)16(14,15)8-2-6-12-11-3-4-11/h10-12H,2-9H2,1H3. The lowest BCUT2D eigenvalue weighted by molar-refractivity contribution is 0.462. The third-order valence-corrected chi connectivity index (χ3v) is 5.29. The Kier molecular flexibility index (Phi) is 3.87. The van der Waals surface area contributed by atoms with Crippen LogP contribution in [-0.2, 0) is 10.0 Å². The van der Waals surface area contributed by atoms with Gasteiger partial charge in [-0.3, -0.25) is 0 Å². The van der Waals surface area contributed by atoms with Crippen molar-refractivity contribution >= 4 is 10.0 Å². The Labute approximate surface area is 98.4 Å². The lowest BCUT2D eigenvalue weighted by atomic mass is 10.2. The zero-order valence-electron chi connectivity index (χ0n) is 9.98. The summed E-state index contributed by atoms with van der Waals surface area (Å²) in [6.45, 7) is 4.40. The lowest BCUT2D eigenvalue weighted by Gasteiger charge is -2.15. The summed E-state index contributed by atoms with van der Waals surface area (Å²) in [4.78, 5) is 0. The van der Waals surface area contributed by atoms with Crippen molar-refractivity contribution in [2.24, 2.45) is 5.92 Å². The third-order valence-electron chi connectivity index (χ3n) is 3.37. The van der Waals surface area contributed by atoms with E-state index in [1.54, 1.807) is 4.31 Å². The Bertz CT molecular complexity index is 325. The van der Waals surface area contributed by atoms with Crippen molar-refractivity contribution in [3.8, 4) is 0 Å². The molecule has 1 aliphatic carbocycles. The van der Waals surface area contributed by atoms with Gasteiger partial charge in [0.2, 0.25) is 10.0 Å². The molecule has 0 spiro atoms. The third kappa shape index (κ3) is 3.43. The van der Waals surface area contributed by atoms with Crippen LogP contribution in [0.3, 0.4) is 0 Å². The molecule has 1 saturated carbocycles. The molecule has 0 aromatic rings. The van der Waals surface area contributed by atoms with E-state index in [0.717, 1.165) is 32.5 Å². The maximum absolute atomic E-state index is 11.9.